The molecule has 0 aliphatic rings. The molecule has 0 spiro atoms. The lowest BCUT2D eigenvalue weighted by atomic mass is 15.8. The van der Waals surface area contributed by atoms with Gasteiger partial charge in [0.25, 0.3) is 0 Å². The van der Waals surface area contributed by atoms with E-state index in [0.29, 0.717) is 0 Å². The molecule has 0 saturated heterocycles. The van der Waals surface area contributed by atoms with Crippen molar-refractivity contribution >= 4 is 19.6 Å². The molecule has 4 N–H and O–H groups in total. The van der Waals surface area contributed by atoms with Crippen molar-refractivity contribution in [3.05, 3.63) is 0 Å². The van der Waals surface area contributed by atoms with Gasteiger partial charge in [-0.1, -0.05) is 0 Å². The summed E-state index contributed by atoms with van der Waals surface area (Å²) in [4.78, 5) is 14.3. The first-order valence-corrected chi connectivity index (χ1v) is 4.05. The molecule has 0 amide bonds. The maximum Gasteiger partial charge on any atom is 0.761 e. The summed E-state index contributed by atoms with van der Waals surface area (Å²) in [5, 5.41) is 0. The topological polar surface area (TPSA) is 132 Å². The van der Waals surface area contributed by atoms with Crippen LogP contribution in [0.3, 0.4) is 0 Å². The smallest absolute Gasteiger partial charge is 0.511 e. The SMILES string of the molecule is O=S(=O)(O)O.O=[Si](O)O. The Morgan fingerprint density at radius 2 is 1.11 bits per heavy atom. The Morgan fingerprint density at radius 3 is 1.11 bits per heavy atom. The van der Waals surface area contributed by atoms with E-state index in [9.17, 15) is 0 Å². The van der Waals surface area contributed by atoms with Crippen LogP contribution in [0.1, 0.15) is 0 Å². The van der Waals surface area contributed by atoms with Crippen molar-refractivity contribution < 1.29 is 31.6 Å². The van der Waals surface area contributed by atoms with Gasteiger partial charge in [0.2, 0.25) is 0 Å². The maximum absolute atomic E-state index is 8.74. The van der Waals surface area contributed by atoms with E-state index in [4.69, 9.17) is 31.6 Å². The van der Waals surface area contributed by atoms with Crippen LogP contribution >= 0.6 is 0 Å². The monoisotopic (exact) mass is 176 g/mol. The van der Waals surface area contributed by atoms with E-state index in [1.165, 1.54) is 0 Å². The molecule has 56 valence electrons. The Balaban J connectivity index is 0. The summed E-state index contributed by atoms with van der Waals surface area (Å²) in [7, 11) is -7.80. The van der Waals surface area contributed by atoms with Crippen LogP contribution in [-0.4, -0.2) is 36.3 Å². The Kier molecular flexibility index (Phi) is 5.49. The molecule has 0 aromatic carbocycles. The molecule has 0 aromatic heterocycles. The second kappa shape index (κ2) is 4.37. The highest BCUT2D eigenvalue weighted by atomic mass is 32.3. The van der Waals surface area contributed by atoms with Crippen LogP contribution in [0.25, 0.3) is 0 Å². The molecule has 0 rings (SSSR count). The summed E-state index contributed by atoms with van der Waals surface area (Å²) in [5.41, 5.74) is 0. The minimum atomic E-state index is -4.67. The standard InChI is InChI=1S/H2O4S.H2O3Si/c1-5(2,3)4;1-4(2)3/h(H2,1,2,3,4);1-2H. The normalized spacial score (nSPS) is 9.11. The van der Waals surface area contributed by atoms with Crippen molar-refractivity contribution in [2.24, 2.45) is 0 Å². The third kappa shape index (κ3) is 856. The lowest BCUT2D eigenvalue weighted by Gasteiger charge is -1.68. The summed E-state index contributed by atoms with van der Waals surface area (Å²) in [5.74, 6) is 0. The number of hydrogen-bond donors (Lipinski definition) is 4. The lowest BCUT2D eigenvalue weighted by Crippen LogP contribution is -1.90. The van der Waals surface area contributed by atoms with Crippen molar-refractivity contribution in [1.82, 2.24) is 0 Å². The largest absolute Gasteiger partial charge is 0.761 e. The molecule has 0 aromatic rings. The first kappa shape index (κ1) is 11.3. The van der Waals surface area contributed by atoms with Gasteiger partial charge >= 0.3 is 19.6 Å². The van der Waals surface area contributed by atoms with Gasteiger partial charge in [-0.3, -0.25) is 13.6 Å². The van der Waals surface area contributed by atoms with Gasteiger partial charge in [-0.2, -0.15) is 8.42 Å². The first-order chi connectivity index (χ1) is 3.73. The molecule has 0 aliphatic heterocycles. The van der Waals surface area contributed by atoms with Crippen LogP contribution < -0.4 is 0 Å². The van der Waals surface area contributed by atoms with E-state index in [1.807, 2.05) is 0 Å². The van der Waals surface area contributed by atoms with Gasteiger partial charge in [0.15, 0.2) is 0 Å². The molecular weight excluding hydrogens is 172 g/mol. The molecule has 0 atom stereocenters. The van der Waals surface area contributed by atoms with E-state index < -0.39 is 19.6 Å². The summed E-state index contributed by atoms with van der Waals surface area (Å²) in [6.45, 7) is 0. The molecule has 0 fully saturated rings. The second-order valence-corrected chi connectivity index (χ2v) is 2.19. The van der Waals surface area contributed by atoms with Gasteiger partial charge in [0, 0.05) is 0 Å². The quantitative estimate of drug-likeness (QED) is 0.242. The van der Waals surface area contributed by atoms with Crippen molar-refractivity contribution in [1.29, 1.82) is 0 Å². The van der Waals surface area contributed by atoms with Gasteiger partial charge in [0.1, 0.15) is 0 Å². The third-order valence-corrected chi connectivity index (χ3v) is 0. The Hall–Kier alpha value is -0.513. The molecule has 0 aliphatic carbocycles. The zero-order chi connectivity index (χ0) is 8.08. The third-order valence-electron chi connectivity index (χ3n) is 0. The van der Waals surface area contributed by atoms with Crippen molar-refractivity contribution in [2.75, 3.05) is 0 Å². The average molecular weight is 176 g/mol. The molecular formula is H4O7SSi. The maximum atomic E-state index is 8.74. The van der Waals surface area contributed by atoms with Crippen LogP contribution in [0.2, 0.25) is 0 Å². The van der Waals surface area contributed by atoms with Crippen molar-refractivity contribution in [2.45, 2.75) is 0 Å². The van der Waals surface area contributed by atoms with Crippen molar-refractivity contribution in [3.63, 3.8) is 0 Å². The predicted octanol–water partition coefficient (Wildman–Crippen LogP) is -2.27. The highest BCUT2D eigenvalue weighted by Crippen LogP contribution is 1.59. The zero-order valence-electron chi connectivity index (χ0n) is 3.92. The lowest BCUT2D eigenvalue weighted by molar-refractivity contribution is 0.330. The summed E-state index contributed by atoms with van der Waals surface area (Å²) in [6.07, 6.45) is 0. The Morgan fingerprint density at radius 1 is 1.11 bits per heavy atom. The molecule has 0 radical (unpaired) electrons. The van der Waals surface area contributed by atoms with Crippen LogP contribution in [0.5, 0.6) is 0 Å². The fourth-order valence-electron chi connectivity index (χ4n) is 0. The highest BCUT2D eigenvalue weighted by molar-refractivity contribution is 7.79. The van der Waals surface area contributed by atoms with Crippen LogP contribution in [-0.2, 0) is 14.9 Å². The number of rotatable bonds is 0. The molecule has 0 heterocycles. The van der Waals surface area contributed by atoms with Crippen molar-refractivity contribution in [3.8, 4) is 0 Å². The summed E-state index contributed by atoms with van der Waals surface area (Å²) in [6, 6.07) is 0. The van der Waals surface area contributed by atoms with E-state index in [0.717, 1.165) is 0 Å². The summed E-state index contributed by atoms with van der Waals surface area (Å²) < 4.78 is 40.3. The average Bonchev–Trinajstić information content (AvgIpc) is 1.19. The second-order valence-electron chi connectivity index (χ2n) is 0.730. The summed E-state index contributed by atoms with van der Waals surface area (Å²) >= 11 is 0. The minimum Gasteiger partial charge on any atom is -0.511 e. The molecule has 0 bridgehead atoms. The zero-order valence-corrected chi connectivity index (χ0v) is 5.74. The van der Waals surface area contributed by atoms with E-state index in [2.05, 4.69) is 0 Å². The molecule has 9 heavy (non-hydrogen) atoms. The van der Waals surface area contributed by atoms with Crippen LogP contribution in [0.4, 0.5) is 0 Å². The van der Waals surface area contributed by atoms with E-state index >= 15 is 0 Å². The first-order valence-electron chi connectivity index (χ1n) is 1.35. The molecule has 9 heteroatoms. The Labute approximate surface area is 52.1 Å². The van der Waals surface area contributed by atoms with Gasteiger partial charge in [-0.25, -0.2) is 0 Å². The van der Waals surface area contributed by atoms with Gasteiger partial charge in [0.05, 0.1) is 0 Å². The molecule has 0 saturated carbocycles. The fourth-order valence-corrected chi connectivity index (χ4v) is 0. The minimum absolute atomic E-state index is 3.13. The molecule has 0 unspecified atom stereocenters. The van der Waals surface area contributed by atoms with Gasteiger partial charge < -0.3 is 9.59 Å². The number of hydrogen-bond acceptors (Lipinski definition) is 3. The van der Waals surface area contributed by atoms with E-state index in [-0.39, 0.29) is 0 Å². The van der Waals surface area contributed by atoms with Crippen LogP contribution in [0, 0.1) is 0 Å². The predicted molar refractivity (Wildman–Crippen MR) is 25.1 cm³/mol. The van der Waals surface area contributed by atoms with Crippen LogP contribution in [0.15, 0.2) is 0 Å². The van der Waals surface area contributed by atoms with Gasteiger partial charge in [-0.05, 0) is 0 Å². The highest BCUT2D eigenvalue weighted by Gasteiger charge is 1.85. The fraction of sp³-hybridized carbons (Fsp3) is 0. The molecule has 7 nitrogen and oxygen atoms in total. The Bertz CT molecular complexity index is 151. The van der Waals surface area contributed by atoms with Gasteiger partial charge in [-0.15, -0.1) is 0 Å². The van der Waals surface area contributed by atoms with E-state index in [1.54, 1.807) is 0 Å².